The molecule has 1 saturated carbocycles. The molecule has 0 bridgehead atoms. The third-order valence-electron chi connectivity index (χ3n) is 1.80. The Morgan fingerprint density at radius 2 is 1.73 bits per heavy atom. The molecular formula is C6H11FO3S. The van der Waals surface area contributed by atoms with Gasteiger partial charge in [0, 0.05) is 0 Å². The molecule has 1 fully saturated rings. The standard InChI is InChI=1S/C6H11FO3S/c7-11(8,9)10-6-4-2-1-3-5-6/h6H,1-5H2. The van der Waals surface area contributed by atoms with Gasteiger partial charge < -0.3 is 0 Å². The molecule has 5 heteroatoms. The summed E-state index contributed by atoms with van der Waals surface area (Å²) in [6.45, 7) is 0. The van der Waals surface area contributed by atoms with Crippen LogP contribution in [0.15, 0.2) is 0 Å². The van der Waals surface area contributed by atoms with Gasteiger partial charge in [0.1, 0.15) is 0 Å². The first kappa shape index (κ1) is 8.93. The molecular weight excluding hydrogens is 171 g/mol. The molecule has 0 amide bonds. The second kappa shape index (κ2) is 3.49. The van der Waals surface area contributed by atoms with Gasteiger partial charge in [0.2, 0.25) is 0 Å². The Labute approximate surface area is 66.0 Å². The maximum Gasteiger partial charge on any atom is 0.437 e. The second-order valence-electron chi connectivity index (χ2n) is 2.75. The summed E-state index contributed by atoms with van der Waals surface area (Å²) < 4.78 is 36.1. The minimum atomic E-state index is -4.72. The van der Waals surface area contributed by atoms with Crippen molar-refractivity contribution in [2.75, 3.05) is 0 Å². The van der Waals surface area contributed by atoms with Crippen LogP contribution in [0.2, 0.25) is 0 Å². The molecule has 0 aromatic rings. The van der Waals surface area contributed by atoms with Gasteiger partial charge in [-0.15, -0.1) is 0 Å². The Hall–Kier alpha value is -0.160. The Morgan fingerprint density at radius 3 is 2.18 bits per heavy atom. The average molecular weight is 182 g/mol. The molecule has 0 atom stereocenters. The van der Waals surface area contributed by atoms with Gasteiger partial charge in [-0.2, -0.15) is 8.42 Å². The molecule has 0 aromatic carbocycles. The van der Waals surface area contributed by atoms with Gasteiger partial charge in [-0.1, -0.05) is 23.1 Å². The van der Waals surface area contributed by atoms with E-state index in [-0.39, 0.29) is 0 Å². The molecule has 0 heterocycles. The number of rotatable bonds is 2. The highest BCUT2D eigenvalue weighted by molar-refractivity contribution is 7.81. The summed E-state index contributed by atoms with van der Waals surface area (Å²) in [6.07, 6.45) is 3.84. The molecule has 0 saturated heterocycles. The van der Waals surface area contributed by atoms with Gasteiger partial charge in [0.15, 0.2) is 0 Å². The summed E-state index contributed by atoms with van der Waals surface area (Å²) in [5.41, 5.74) is 0. The van der Waals surface area contributed by atoms with Crippen LogP contribution in [0.1, 0.15) is 32.1 Å². The van der Waals surface area contributed by atoms with E-state index in [0.29, 0.717) is 12.8 Å². The SMILES string of the molecule is O=S(=O)(F)OC1CCCCC1. The lowest BCUT2D eigenvalue weighted by Gasteiger charge is -2.18. The maximum atomic E-state index is 11.9. The molecule has 1 aliphatic carbocycles. The minimum Gasteiger partial charge on any atom is -0.241 e. The molecule has 1 rings (SSSR count). The van der Waals surface area contributed by atoms with Gasteiger partial charge in [-0.3, -0.25) is 0 Å². The van der Waals surface area contributed by atoms with Crippen LogP contribution in [0.4, 0.5) is 3.89 Å². The summed E-state index contributed by atoms with van der Waals surface area (Å²) in [6, 6.07) is 0. The number of halogens is 1. The summed E-state index contributed by atoms with van der Waals surface area (Å²) >= 11 is 0. The van der Waals surface area contributed by atoms with Crippen molar-refractivity contribution >= 4 is 10.5 Å². The average Bonchev–Trinajstić information content (AvgIpc) is 1.85. The van der Waals surface area contributed by atoms with Crippen LogP contribution >= 0.6 is 0 Å². The normalized spacial score (nSPS) is 21.9. The maximum absolute atomic E-state index is 11.9. The third kappa shape index (κ3) is 3.67. The minimum absolute atomic E-state index is 0.418. The van der Waals surface area contributed by atoms with Crippen molar-refractivity contribution in [2.45, 2.75) is 38.2 Å². The van der Waals surface area contributed by atoms with Crippen molar-refractivity contribution in [3.63, 3.8) is 0 Å². The Kier molecular flexibility index (Phi) is 2.84. The van der Waals surface area contributed by atoms with Crippen molar-refractivity contribution in [1.29, 1.82) is 0 Å². The van der Waals surface area contributed by atoms with Gasteiger partial charge >= 0.3 is 10.5 Å². The monoisotopic (exact) mass is 182 g/mol. The molecule has 66 valence electrons. The zero-order valence-electron chi connectivity index (χ0n) is 6.12. The van der Waals surface area contributed by atoms with E-state index >= 15 is 0 Å². The first-order chi connectivity index (χ1) is 5.08. The van der Waals surface area contributed by atoms with Crippen LogP contribution in [0.3, 0.4) is 0 Å². The van der Waals surface area contributed by atoms with Crippen molar-refractivity contribution in [1.82, 2.24) is 0 Å². The molecule has 0 N–H and O–H groups in total. The van der Waals surface area contributed by atoms with Gasteiger partial charge in [0.25, 0.3) is 0 Å². The largest absolute Gasteiger partial charge is 0.437 e. The van der Waals surface area contributed by atoms with Crippen LogP contribution in [-0.4, -0.2) is 14.5 Å². The fraction of sp³-hybridized carbons (Fsp3) is 1.00. The molecule has 11 heavy (non-hydrogen) atoms. The highest BCUT2D eigenvalue weighted by atomic mass is 32.3. The highest BCUT2D eigenvalue weighted by Gasteiger charge is 2.20. The van der Waals surface area contributed by atoms with E-state index in [4.69, 9.17) is 0 Å². The van der Waals surface area contributed by atoms with Crippen LogP contribution in [0.25, 0.3) is 0 Å². The van der Waals surface area contributed by atoms with Gasteiger partial charge in [-0.25, -0.2) is 4.18 Å². The fourth-order valence-corrected chi connectivity index (χ4v) is 1.84. The van der Waals surface area contributed by atoms with Crippen LogP contribution in [0, 0.1) is 0 Å². The summed E-state index contributed by atoms with van der Waals surface area (Å²) in [5, 5.41) is 0. The third-order valence-corrected chi connectivity index (χ3v) is 2.31. The first-order valence-electron chi connectivity index (χ1n) is 3.71. The van der Waals surface area contributed by atoms with E-state index in [1.165, 1.54) is 0 Å². The topological polar surface area (TPSA) is 43.4 Å². The van der Waals surface area contributed by atoms with E-state index in [1.54, 1.807) is 0 Å². The van der Waals surface area contributed by atoms with E-state index in [2.05, 4.69) is 4.18 Å². The number of hydrogen-bond donors (Lipinski definition) is 0. The highest BCUT2D eigenvalue weighted by Crippen LogP contribution is 2.21. The van der Waals surface area contributed by atoms with Crippen LogP contribution in [0.5, 0.6) is 0 Å². The molecule has 0 spiro atoms. The van der Waals surface area contributed by atoms with Crippen LogP contribution < -0.4 is 0 Å². The molecule has 0 unspecified atom stereocenters. The molecule has 0 aromatic heterocycles. The predicted molar refractivity (Wildman–Crippen MR) is 38.0 cm³/mol. The zero-order valence-corrected chi connectivity index (χ0v) is 6.94. The van der Waals surface area contributed by atoms with Gasteiger partial charge in [0.05, 0.1) is 6.10 Å². The van der Waals surface area contributed by atoms with Crippen molar-refractivity contribution in [2.24, 2.45) is 0 Å². The van der Waals surface area contributed by atoms with Crippen LogP contribution in [-0.2, 0) is 14.7 Å². The number of hydrogen-bond acceptors (Lipinski definition) is 3. The summed E-state index contributed by atoms with van der Waals surface area (Å²) in [7, 11) is -4.72. The molecule has 1 aliphatic rings. The Balaban J connectivity index is 2.36. The molecule has 0 radical (unpaired) electrons. The Bertz CT molecular complexity index is 206. The first-order valence-corrected chi connectivity index (χ1v) is 5.02. The fourth-order valence-electron chi connectivity index (χ4n) is 1.32. The van der Waals surface area contributed by atoms with E-state index in [9.17, 15) is 12.3 Å². The van der Waals surface area contributed by atoms with E-state index < -0.39 is 16.6 Å². The van der Waals surface area contributed by atoms with Gasteiger partial charge in [-0.05, 0) is 12.8 Å². The lowest BCUT2D eigenvalue weighted by molar-refractivity contribution is 0.152. The summed E-state index contributed by atoms with van der Waals surface area (Å²) in [5.74, 6) is 0. The Morgan fingerprint density at radius 1 is 1.18 bits per heavy atom. The lowest BCUT2D eigenvalue weighted by Crippen LogP contribution is -2.18. The molecule has 0 aliphatic heterocycles. The van der Waals surface area contributed by atoms with Crippen molar-refractivity contribution in [3.05, 3.63) is 0 Å². The van der Waals surface area contributed by atoms with E-state index in [1.807, 2.05) is 0 Å². The van der Waals surface area contributed by atoms with E-state index in [0.717, 1.165) is 19.3 Å². The molecule has 3 nitrogen and oxygen atoms in total. The van der Waals surface area contributed by atoms with Crippen molar-refractivity contribution < 1.29 is 16.5 Å². The lowest BCUT2D eigenvalue weighted by atomic mass is 9.98. The van der Waals surface area contributed by atoms with Crippen molar-refractivity contribution in [3.8, 4) is 0 Å². The predicted octanol–water partition coefficient (Wildman–Crippen LogP) is 1.55. The summed E-state index contributed by atoms with van der Waals surface area (Å²) in [4.78, 5) is 0. The smallest absolute Gasteiger partial charge is 0.241 e. The second-order valence-corrected chi connectivity index (χ2v) is 3.73. The quantitative estimate of drug-likeness (QED) is 0.608. The zero-order chi connectivity index (χ0) is 8.32.